The summed E-state index contributed by atoms with van der Waals surface area (Å²) in [6.07, 6.45) is 2.83. The molecule has 1 N–H and O–H groups in total. The minimum Gasteiger partial charge on any atom is -0.480 e. The number of thioether (sulfide) groups is 1. The Kier molecular flexibility index (Phi) is 4.95. The summed E-state index contributed by atoms with van der Waals surface area (Å²) in [4.78, 5) is 26.3. The Balaban J connectivity index is 2.26. The maximum absolute atomic E-state index is 12.4. The summed E-state index contributed by atoms with van der Waals surface area (Å²) in [5.41, 5.74) is 0. The third kappa shape index (κ3) is 3.11. The lowest BCUT2D eigenvalue weighted by molar-refractivity contribution is -0.145. The number of carbonyl (C=O) groups excluding carboxylic acids is 1. The topological polar surface area (TPSA) is 57.6 Å². The number of carboxylic acids is 1. The van der Waals surface area contributed by atoms with Gasteiger partial charge in [0, 0.05) is 4.88 Å². The minimum atomic E-state index is -1.01. The van der Waals surface area contributed by atoms with E-state index in [1.165, 1.54) is 16.2 Å². The highest BCUT2D eigenvalue weighted by Gasteiger charge is 2.39. The summed E-state index contributed by atoms with van der Waals surface area (Å²) >= 11 is 7.85. The van der Waals surface area contributed by atoms with Crippen molar-refractivity contribution in [1.82, 2.24) is 4.90 Å². The molecule has 1 amide bonds. The molecular formula is C13H13NO3S3. The fourth-order valence-electron chi connectivity index (χ4n) is 1.89. The lowest BCUT2D eigenvalue weighted by atomic mass is 10.1. The van der Waals surface area contributed by atoms with E-state index >= 15 is 0 Å². The third-order valence-corrected chi connectivity index (χ3v) is 4.95. The fraction of sp³-hybridized carbons (Fsp3) is 0.308. The zero-order valence-electron chi connectivity index (χ0n) is 10.7. The molecule has 0 bridgehead atoms. The van der Waals surface area contributed by atoms with Crippen LogP contribution in [0.5, 0.6) is 0 Å². The summed E-state index contributed by atoms with van der Waals surface area (Å²) in [6, 6.07) is 2.92. The number of nitrogens with zero attached hydrogens (tertiary/aromatic N) is 1. The quantitative estimate of drug-likeness (QED) is 0.665. The number of aliphatic carboxylic acids is 1. The highest BCUT2D eigenvalue weighted by atomic mass is 32.2. The minimum absolute atomic E-state index is 0.311. The van der Waals surface area contributed by atoms with Crippen molar-refractivity contribution in [2.45, 2.75) is 25.8 Å². The van der Waals surface area contributed by atoms with Crippen LogP contribution >= 0.6 is 35.3 Å². The second-order valence-corrected chi connectivity index (χ2v) is 6.86. The van der Waals surface area contributed by atoms with Gasteiger partial charge in [-0.2, -0.15) is 0 Å². The summed E-state index contributed by atoms with van der Waals surface area (Å²) < 4.78 is 0.318. The first-order chi connectivity index (χ1) is 9.54. The fourth-order valence-corrected chi connectivity index (χ4v) is 3.97. The monoisotopic (exact) mass is 327 g/mol. The molecule has 1 aliphatic rings. The summed E-state index contributed by atoms with van der Waals surface area (Å²) in [5.74, 6) is -1.32. The maximum atomic E-state index is 12.4. The lowest BCUT2D eigenvalue weighted by Crippen LogP contribution is -2.43. The first-order valence-electron chi connectivity index (χ1n) is 6.08. The number of amides is 1. The molecule has 7 heteroatoms. The van der Waals surface area contributed by atoms with E-state index < -0.39 is 12.0 Å². The molecule has 0 spiro atoms. The van der Waals surface area contributed by atoms with Gasteiger partial charge >= 0.3 is 5.97 Å². The van der Waals surface area contributed by atoms with Gasteiger partial charge in [0.05, 0.1) is 4.91 Å². The first-order valence-corrected chi connectivity index (χ1v) is 8.18. The van der Waals surface area contributed by atoms with Crippen LogP contribution in [0.2, 0.25) is 0 Å². The molecule has 0 aliphatic carbocycles. The number of rotatable bonds is 5. The van der Waals surface area contributed by atoms with Crippen LogP contribution in [0.1, 0.15) is 24.6 Å². The van der Waals surface area contributed by atoms with Gasteiger partial charge in [0.1, 0.15) is 10.4 Å². The summed E-state index contributed by atoms with van der Waals surface area (Å²) in [7, 11) is 0. The Labute approximate surface area is 130 Å². The van der Waals surface area contributed by atoms with Crippen molar-refractivity contribution in [2.75, 3.05) is 0 Å². The van der Waals surface area contributed by atoms with Gasteiger partial charge in [-0.05, 0) is 23.9 Å². The van der Waals surface area contributed by atoms with Gasteiger partial charge in [-0.1, -0.05) is 43.4 Å². The smallest absolute Gasteiger partial charge is 0.326 e. The molecule has 1 aromatic heterocycles. The van der Waals surface area contributed by atoms with Crippen LogP contribution in [0, 0.1) is 0 Å². The molecule has 1 fully saturated rings. The molecular weight excluding hydrogens is 314 g/mol. The van der Waals surface area contributed by atoms with Crippen molar-refractivity contribution >= 4 is 57.6 Å². The van der Waals surface area contributed by atoms with Gasteiger partial charge in [0.2, 0.25) is 0 Å². The third-order valence-electron chi connectivity index (χ3n) is 2.80. The van der Waals surface area contributed by atoms with Crippen LogP contribution in [-0.2, 0) is 9.59 Å². The Bertz CT molecular complexity index is 565. The van der Waals surface area contributed by atoms with E-state index in [1.54, 1.807) is 6.08 Å². The molecule has 1 saturated heterocycles. The average Bonchev–Trinajstić information content (AvgIpc) is 2.98. The van der Waals surface area contributed by atoms with Crippen molar-refractivity contribution in [2.24, 2.45) is 0 Å². The normalized spacial score (nSPS) is 18.9. The van der Waals surface area contributed by atoms with Crippen molar-refractivity contribution < 1.29 is 14.7 Å². The maximum Gasteiger partial charge on any atom is 0.326 e. The van der Waals surface area contributed by atoms with E-state index in [9.17, 15) is 14.7 Å². The SMILES string of the molecule is CCCC(C(=O)O)N1C(=O)C(=Cc2cccs2)SC1=S. The number of hydrogen-bond donors (Lipinski definition) is 1. The molecule has 106 valence electrons. The van der Waals surface area contributed by atoms with Crippen LogP contribution in [0.15, 0.2) is 22.4 Å². The Morgan fingerprint density at radius 3 is 2.90 bits per heavy atom. The number of carbonyl (C=O) groups is 2. The second-order valence-electron chi connectivity index (χ2n) is 4.21. The molecule has 1 aliphatic heterocycles. The van der Waals surface area contributed by atoms with Crippen molar-refractivity contribution in [3.63, 3.8) is 0 Å². The molecule has 20 heavy (non-hydrogen) atoms. The predicted octanol–water partition coefficient (Wildman–Crippen LogP) is 3.20. The molecule has 0 saturated carbocycles. The van der Waals surface area contributed by atoms with Crippen LogP contribution < -0.4 is 0 Å². The van der Waals surface area contributed by atoms with Gasteiger partial charge in [0.15, 0.2) is 0 Å². The number of carboxylic acid groups (broad SMARTS) is 1. The van der Waals surface area contributed by atoms with Gasteiger partial charge < -0.3 is 5.11 Å². The predicted molar refractivity (Wildman–Crippen MR) is 85.7 cm³/mol. The van der Waals surface area contributed by atoms with E-state index in [-0.39, 0.29) is 5.91 Å². The molecule has 1 unspecified atom stereocenters. The van der Waals surface area contributed by atoms with Gasteiger partial charge in [-0.25, -0.2) is 4.79 Å². The first kappa shape index (κ1) is 15.2. The zero-order valence-corrected chi connectivity index (χ0v) is 13.2. The Hall–Kier alpha value is -1.18. The number of thiophene rings is 1. The van der Waals surface area contributed by atoms with Crippen LogP contribution in [0.4, 0.5) is 0 Å². The Morgan fingerprint density at radius 2 is 2.35 bits per heavy atom. The van der Waals surface area contributed by atoms with E-state index in [0.717, 1.165) is 16.6 Å². The van der Waals surface area contributed by atoms with E-state index in [4.69, 9.17) is 12.2 Å². The second kappa shape index (κ2) is 6.51. The van der Waals surface area contributed by atoms with Gasteiger partial charge in [0.25, 0.3) is 5.91 Å². The van der Waals surface area contributed by atoms with Gasteiger partial charge in [-0.3, -0.25) is 9.69 Å². The molecule has 2 rings (SSSR count). The molecule has 0 radical (unpaired) electrons. The van der Waals surface area contributed by atoms with E-state index in [1.807, 2.05) is 24.4 Å². The van der Waals surface area contributed by atoms with Crippen LogP contribution in [0.3, 0.4) is 0 Å². The number of hydrogen-bond acceptors (Lipinski definition) is 5. The molecule has 0 aromatic carbocycles. The van der Waals surface area contributed by atoms with Crippen molar-refractivity contribution in [3.8, 4) is 0 Å². The average molecular weight is 327 g/mol. The van der Waals surface area contributed by atoms with Crippen LogP contribution in [0.25, 0.3) is 6.08 Å². The molecule has 2 heterocycles. The van der Waals surface area contributed by atoms with E-state index in [0.29, 0.717) is 22.1 Å². The van der Waals surface area contributed by atoms with Crippen LogP contribution in [-0.4, -0.2) is 32.2 Å². The number of thiocarbonyl (C=S) groups is 1. The summed E-state index contributed by atoms with van der Waals surface area (Å²) in [6.45, 7) is 1.88. The Morgan fingerprint density at radius 1 is 1.60 bits per heavy atom. The van der Waals surface area contributed by atoms with Gasteiger partial charge in [-0.15, -0.1) is 11.3 Å². The van der Waals surface area contributed by atoms with Crippen molar-refractivity contribution in [1.29, 1.82) is 0 Å². The molecule has 1 aromatic rings. The summed E-state index contributed by atoms with van der Waals surface area (Å²) in [5, 5.41) is 11.2. The highest BCUT2D eigenvalue weighted by Crippen LogP contribution is 2.35. The standard InChI is InChI=1S/C13H13NO3S3/c1-2-4-9(12(16)17)14-11(15)10(20-13(14)18)7-8-5-3-6-19-8/h3,5-7,9H,2,4H2,1H3,(H,16,17). The molecule has 1 atom stereocenters. The highest BCUT2D eigenvalue weighted by molar-refractivity contribution is 8.26. The largest absolute Gasteiger partial charge is 0.480 e. The molecule has 4 nitrogen and oxygen atoms in total. The lowest BCUT2D eigenvalue weighted by Gasteiger charge is -2.22. The zero-order chi connectivity index (χ0) is 14.7. The van der Waals surface area contributed by atoms with E-state index in [2.05, 4.69) is 0 Å². The van der Waals surface area contributed by atoms with Crippen molar-refractivity contribution in [3.05, 3.63) is 27.3 Å².